The summed E-state index contributed by atoms with van der Waals surface area (Å²) in [5.74, 6) is -16.0. The fourth-order valence-corrected chi connectivity index (χ4v) is 11.9. The first-order valence-electron chi connectivity index (χ1n) is 36.8. The van der Waals surface area contributed by atoms with Gasteiger partial charge in [0.1, 0.15) is 60.4 Å². The summed E-state index contributed by atoms with van der Waals surface area (Å²) in [7, 11) is 0. The number of aliphatic imine (C=N–C) groups is 4. The maximum Gasteiger partial charge on any atom is 0.305 e. The van der Waals surface area contributed by atoms with Crippen molar-refractivity contribution in [3.8, 4) is 0 Å². The second-order valence-corrected chi connectivity index (χ2v) is 27.7. The number of hydrogen-bond donors (Lipinski definition) is 25. The molecule has 622 valence electrons. The zero-order chi connectivity index (χ0) is 83.3. The lowest BCUT2D eigenvalue weighted by Crippen LogP contribution is -2.62. The smallest absolute Gasteiger partial charge is 0.305 e. The summed E-state index contributed by atoms with van der Waals surface area (Å²) in [5.41, 5.74) is 56.0. The van der Waals surface area contributed by atoms with Crippen LogP contribution < -0.4 is 121 Å². The van der Waals surface area contributed by atoms with Crippen LogP contribution in [0.4, 0.5) is 0 Å². The van der Waals surface area contributed by atoms with Gasteiger partial charge in [-0.15, -0.1) is 0 Å². The molecular weight excluding hydrogens is 1490 g/mol. The highest BCUT2D eigenvalue weighted by Gasteiger charge is 2.38. The van der Waals surface area contributed by atoms with Crippen LogP contribution in [0.15, 0.2) is 50.3 Å². The average Bonchev–Trinajstić information content (AvgIpc) is 0.853. The number of guanidine groups is 4. The zero-order valence-corrected chi connectivity index (χ0v) is 65.3. The molecule has 0 radical (unpaired) electrons. The van der Waals surface area contributed by atoms with E-state index in [-0.39, 0.29) is 138 Å². The number of nitrogens with two attached hydrogens (primary N) is 10. The molecular formula is C68H118N26O15S2. The van der Waals surface area contributed by atoms with Crippen molar-refractivity contribution in [1.82, 2.24) is 63.8 Å². The van der Waals surface area contributed by atoms with E-state index < -0.39 is 181 Å². The molecule has 1 aliphatic carbocycles. The van der Waals surface area contributed by atoms with Gasteiger partial charge in [-0.2, -0.15) is 25.3 Å². The van der Waals surface area contributed by atoms with Crippen molar-refractivity contribution in [3.63, 3.8) is 0 Å². The second kappa shape index (κ2) is 52.6. The topological polar surface area (TPSA) is 713 Å². The maximum atomic E-state index is 14.7. The van der Waals surface area contributed by atoms with Crippen LogP contribution in [0.5, 0.6) is 0 Å². The molecule has 41 nitrogen and oxygen atoms in total. The van der Waals surface area contributed by atoms with Crippen LogP contribution in [-0.4, -0.2) is 229 Å². The molecule has 13 atom stereocenters. The van der Waals surface area contributed by atoms with E-state index in [1.807, 2.05) is 0 Å². The molecule has 1 aromatic carbocycles. The number of carbonyl (C=O) groups is 14. The predicted octanol–water partition coefficient (Wildman–Crippen LogP) is -7.27. The molecule has 0 aliphatic heterocycles. The molecule has 0 unspecified atom stereocenters. The van der Waals surface area contributed by atoms with Gasteiger partial charge < -0.3 is 126 Å². The Bertz CT molecular complexity index is 3350. The lowest BCUT2D eigenvalue weighted by Gasteiger charge is -2.30. The highest BCUT2D eigenvalue weighted by atomic mass is 32.1. The number of rotatable bonds is 53. The van der Waals surface area contributed by atoms with Crippen LogP contribution in [0.2, 0.25) is 0 Å². The number of benzene rings is 1. The first-order valence-corrected chi connectivity index (χ1v) is 38.1. The quantitative estimate of drug-likeness (QED) is 0.0125. The molecule has 0 bridgehead atoms. The molecule has 111 heavy (non-hydrogen) atoms. The lowest BCUT2D eigenvalue weighted by molar-refractivity contribution is -0.142. The molecule has 1 saturated carbocycles. The largest absolute Gasteiger partial charge is 0.481 e. The predicted molar refractivity (Wildman–Crippen MR) is 422 cm³/mol. The van der Waals surface area contributed by atoms with E-state index in [0.717, 1.165) is 32.1 Å². The molecule has 1 fully saturated rings. The van der Waals surface area contributed by atoms with Gasteiger partial charge in [-0.3, -0.25) is 87.1 Å². The molecule has 33 N–H and O–H groups in total. The fraction of sp³-hybridized carbons (Fsp3) is 0.647. The van der Waals surface area contributed by atoms with Gasteiger partial charge in [0.2, 0.25) is 76.8 Å². The van der Waals surface area contributed by atoms with E-state index >= 15 is 0 Å². The van der Waals surface area contributed by atoms with Crippen LogP contribution in [-0.2, 0) is 73.5 Å². The number of hydrogen-bond acceptors (Lipinski definition) is 21. The highest BCUT2D eigenvalue weighted by molar-refractivity contribution is 7.80. The van der Waals surface area contributed by atoms with Crippen LogP contribution >= 0.6 is 25.3 Å². The molecule has 2 rings (SSSR count). The Morgan fingerprint density at radius 2 is 0.811 bits per heavy atom. The van der Waals surface area contributed by atoms with E-state index in [1.165, 1.54) is 0 Å². The van der Waals surface area contributed by atoms with Crippen molar-refractivity contribution in [2.24, 2.45) is 95.1 Å². The van der Waals surface area contributed by atoms with Crippen LogP contribution in [0.25, 0.3) is 0 Å². The van der Waals surface area contributed by atoms with Gasteiger partial charge in [-0.25, -0.2) is 0 Å². The van der Waals surface area contributed by atoms with Crippen molar-refractivity contribution < 1.29 is 72.2 Å². The minimum Gasteiger partial charge on any atom is -0.481 e. The number of carboxylic acid groups (broad SMARTS) is 1. The summed E-state index contributed by atoms with van der Waals surface area (Å²) < 4.78 is 0. The monoisotopic (exact) mass is 1600 g/mol. The van der Waals surface area contributed by atoms with E-state index in [0.29, 0.717) is 12.0 Å². The minimum atomic E-state index is -1.96. The lowest BCUT2D eigenvalue weighted by atomic mass is 9.84. The number of primary amides is 1. The van der Waals surface area contributed by atoms with Crippen LogP contribution in [0, 0.1) is 17.8 Å². The zero-order valence-electron chi connectivity index (χ0n) is 63.5. The van der Waals surface area contributed by atoms with Crippen molar-refractivity contribution in [2.75, 3.05) is 50.8 Å². The first-order chi connectivity index (χ1) is 52.5. The Kier molecular flexibility index (Phi) is 45.8. The summed E-state index contributed by atoms with van der Waals surface area (Å²) in [6, 6.07) is -7.03. The number of carbonyl (C=O) groups excluding carboxylic acids is 13. The van der Waals surface area contributed by atoms with E-state index in [2.05, 4.69) is 109 Å². The molecule has 13 amide bonds. The maximum absolute atomic E-state index is 14.7. The van der Waals surface area contributed by atoms with E-state index in [4.69, 9.17) is 57.3 Å². The number of nitrogens with zero attached hydrogens (tertiary/aromatic N) is 4. The number of aliphatic carboxylic acids is 1. The Balaban J connectivity index is 2.45. The Hall–Kier alpha value is -10.5. The number of thiol groups is 2. The third kappa shape index (κ3) is 39.1. The Morgan fingerprint density at radius 3 is 1.25 bits per heavy atom. The summed E-state index contributed by atoms with van der Waals surface area (Å²) in [6.07, 6.45) is 4.00. The van der Waals surface area contributed by atoms with Crippen LogP contribution in [0.1, 0.15) is 142 Å². The van der Waals surface area contributed by atoms with Crippen molar-refractivity contribution in [2.45, 2.75) is 210 Å². The van der Waals surface area contributed by atoms with Gasteiger partial charge in [-0.05, 0) is 81.1 Å². The average molecular weight is 1600 g/mol. The molecule has 1 aliphatic rings. The first kappa shape index (κ1) is 96.6. The Morgan fingerprint density at radius 1 is 0.432 bits per heavy atom. The van der Waals surface area contributed by atoms with E-state index in [9.17, 15) is 72.2 Å². The van der Waals surface area contributed by atoms with Gasteiger partial charge in [0.25, 0.3) is 0 Å². The minimum absolute atomic E-state index is 0.00737. The van der Waals surface area contributed by atoms with Crippen LogP contribution in [0.3, 0.4) is 0 Å². The molecule has 0 heterocycles. The Labute approximate surface area is 656 Å². The summed E-state index contributed by atoms with van der Waals surface area (Å²) in [6.45, 7) is 5.25. The third-order valence-corrected chi connectivity index (χ3v) is 18.8. The van der Waals surface area contributed by atoms with Gasteiger partial charge in [0.05, 0.1) is 25.6 Å². The molecule has 0 aromatic heterocycles. The number of nitrogens with one attached hydrogen (secondary N) is 12. The second-order valence-electron chi connectivity index (χ2n) is 27.0. The standard InChI is InChI=1S/C68H118N26O15S2/c1-5-36(3)52(63(108)89-45(30-39-19-11-8-12-20-39)60(105)86-42(23-15-27-81-67(75)76)57(102)91-47(34-110)54(70)99)94-59(104)43(24-16-28-82-68(77)78)87-61(106)46(31-51(97)98)90-64(109)53(37(4)6-2)93-58(103)41(22-14-26-80-66(73)74)85-50(96)33-83-49(95)32-84-56(101)44(29-38-17-9-7-10-18-38)88-62(107)48(35-111)92-55(100)40(69)21-13-25-79-65(71)72/h8,11-12,19-20,36-38,40-48,52-53,110-111H,5-7,9-10,13-18,21-35,69H2,1-4H3,(H2,70,99)(H,83,95)(H,84,101)(H,85,96)(H,86,105)(H,87,106)(H,88,107)(H,89,108)(H,90,109)(H,91,102)(H,92,100)(H,93,103)(H,94,104)(H,97,98)(H4,71,72,79)(H4,73,74,80)(H4,75,76,81)(H4,77,78,82)/t36-,37-,40-,41-,42-,43-,44-,45-,46-,47-,48-,52-,53-/m0/s1. The van der Waals surface area contributed by atoms with Gasteiger partial charge in [-0.1, -0.05) is 103 Å². The van der Waals surface area contributed by atoms with E-state index in [1.54, 1.807) is 58.0 Å². The molecule has 0 saturated heterocycles. The number of amides is 13. The molecule has 1 aromatic rings. The van der Waals surface area contributed by atoms with Crippen molar-refractivity contribution in [1.29, 1.82) is 0 Å². The van der Waals surface area contributed by atoms with Gasteiger partial charge in [0.15, 0.2) is 23.8 Å². The van der Waals surface area contributed by atoms with Gasteiger partial charge in [0, 0.05) is 44.1 Å². The third-order valence-electron chi connectivity index (χ3n) is 18.0. The fourth-order valence-electron chi connectivity index (χ4n) is 11.4. The SMILES string of the molecule is CC[C@H](C)[C@H](NC(=O)[C@H](CCCN=C(N)N)NC(=O)CNC(=O)CNC(=O)[C@H](CC1CCCCC1)NC(=O)[C@H](CS)NC(=O)[C@@H](N)CCCN=C(N)N)C(=O)N[C@@H](CC(=O)O)C(=O)N[C@@H](CCCN=C(N)N)C(=O)N[C@H](C(=O)N[C@@H](Cc1ccccc1)C(=O)N[C@@H](CCCN=C(N)N)C(=O)N[C@@H](CS)C(N)=O)[C@@H](C)CC. The van der Waals surface area contributed by atoms with Gasteiger partial charge >= 0.3 is 5.97 Å². The normalized spacial score (nSPS) is 15.4. The number of carboxylic acids is 1. The summed E-state index contributed by atoms with van der Waals surface area (Å²) in [5, 5.41) is 40.7. The summed E-state index contributed by atoms with van der Waals surface area (Å²) in [4.78, 5) is 208. The molecule has 0 spiro atoms. The molecule has 43 heteroatoms. The highest BCUT2D eigenvalue weighted by Crippen LogP contribution is 2.28. The van der Waals surface area contributed by atoms with Crippen molar-refractivity contribution >= 4 is 132 Å². The van der Waals surface area contributed by atoms with Crippen molar-refractivity contribution in [3.05, 3.63) is 35.9 Å². The summed E-state index contributed by atoms with van der Waals surface area (Å²) >= 11 is 8.34.